The first-order valence-corrected chi connectivity index (χ1v) is 10.1. The monoisotopic (exact) mass is 360 g/mol. The molecule has 1 N–H and O–H groups in total. The fourth-order valence-electron chi connectivity index (χ4n) is 4.56. The summed E-state index contributed by atoms with van der Waals surface area (Å²) in [6.45, 7) is 6.87. The third-order valence-electron chi connectivity index (χ3n) is 6.25. The number of benzene rings is 1. The Morgan fingerprint density at radius 3 is 2.88 bits per heavy atom. The number of likely N-dealkylation sites (tertiary alicyclic amines) is 1. The van der Waals surface area contributed by atoms with E-state index in [4.69, 9.17) is 14.2 Å². The summed E-state index contributed by atoms with van der Waals surface area (Å²) in [7, 11) is 1.78. The van der Waals surface area contributed by atoms with Gasteiger partial charge in [0.2, 0.25) is 0 Å². The second-order valence-corrected chi connectivity index (χ2v) is 8.05. The van der Waals surface area contributed by atoms with Crippen molar-refractivity contribution >= 4 is 0 Å². The molecule has 1 aromatic rings. The lowest BCUT2D eigenvalue weighted by molar-refractivity contribution is -0.0291. The molecule has 2 saturated heterocycles. The van der Waals surface area contributed by atoms with Crippen LogP contribution in [-0.4, -0.2) is 63.6 Å². The van der Waals surface area contributed by atoms with Crippen LogP contribution in [0.2, 0.25) is 0 Å². The highest BCUT2D eigenvalue weighted by molar-refractivity contribution is 5.39. The van der Waals surface area contributed by atoms with Gasteiger partial charge in [-0.15, -0.1) is 0 Å². The van der Waals surface area contributed by atoms with Gasteiger partial charge < -0.3 is 24.4 Å². The molecule has 3 heterocycles. The first-order chi connectivity index (χ1) is 12.8. The average Bonchev–Trinajstić information content (AvgIpc) is 3.19. The van der Waals surface area contributed by atoms with Gasteiger partial charge in [-0.3, -0.25) is 0 Å². The fraction of sp³-hybridized carbons (Fsp3) is 0.714. The van der Waals surface area contributed by atoms with Crippen LogP contribution in [0.4, 0.5) is 0 Å². The summed E-state index contributed by atoms with van der Waals surface area (Å²) >= 11 is 0. The molecule has 0 bridgehead atoms. The lowest BCUT2D eigenvalue weighted by Crippen LogP contribution is -2.52. The van der Waals surface area contributed by atoms with E-state index in [0.717, 1.165) is 71.0 Å². The molecule has 1 aromatic carbocycles. The fourth-order valence-corrected chi connectivity index (χ4v) is 4.56. The number of fused-ring (bicyclic) bond motifs is 1. The average molecular weight is 360 g/mol. The summed E-state index contributed by atoms with van der Waals surface area (Å²) in [5, 5.41) is 3.84. The number of hydrogen-bond donors (Lipinski definition) is 1. The molecule has 0 radical (unpaired) electrons. The molecule has 2 fully saturated rings. The van der Waals surface area contributed by atoms with Crippen LogP contribution in [0.3, 0.4) is 0 Å². The topological polar surface area (TPSA) is 43.0 Å². The Hall–Kier alpha value is -1.14. The van der Waals surface area contributed by atoms with E-state index in [1.807, 2.05) is 0 Å². The SMILES string of the molecule is COCCN1CCC2(CC1)C[C@@H](NC[C@@H]1CCOC1)c1ccccc1O2. The summed E-state index contributed by atoms with van der Waals surface area (Å²) in [5.41, 5.74) is 1.29. The van der Waals surface area contributed by atoms with Crippen molar-refractivity contribution in [3.05, 3.63) is 29.8 Å². The van der Waals surface area contributed by atoms with E-state index in [1.165, 1.54) is 12.0 Å². The molecule has 144 valence electrons. The van der Waals surface area contributed by atoms with Gasteiger partial charge in [0.1, 0.15) is 11.4 Å². The largest absolute Gasteiger partial charge is 0.487 e. The minimum atomic E-state index is -0.0260. The number of methoxy groups -OCH3 is 1. The van der Waals surface area contributed by atoms with Gasteiger partial charge in [0.05, 0.1) is 13.2 Å². The number of nitrogens with zero attached hydrogens (tertiary/aromatic N) is 1. The number of para-hydroxylation sites is 1. The highest BCUT2D eigenvalue weighted by Gasteiger charge is 2.43. The van der Waals surface area contributed by atoms with Gasteiger partial charge >= 0.3 is 0 Å². The standard InChI is InChI=1S/C21H32N2O3/c1-24-13-11-23-9-7-21(8-10-23)14-19(22-15-17-6-12-25-16-17)18-4-2-3-5-20(18)26-21/h2-5,17,19,22H,6-16H2,1H3/t17-,19+/m0/s1. The molecule has 5 heteroatoms. The van der Waals surface area contributed by atoms with Gasteiger partial charge in [-0.1, -0.05) is 18.2 Å². The molecular weight excluding hydrogens is 328 g/mol. The van der Waals surface area contributed by atoms with Crippen molar-refractivity contribution in [2.45, 2.75) is 37.3 Å². The normalized spacial score (nSPS) is 28.0. The Morgan fingerprint density at radius 2 is 2.12 bits per heavy atom. The second kappa shape index (κ2) is 8.26. The van der Waals surface area contributed by atoms with Crippen molar-refractivity contribution in [3.63, 3.8) is 0 Å². The maximum atomic E-state index is 6.59. The predicted octanol–water partition coefficient (Wildman–Crippen LogP) is 2.62. The molecule has 0 saturated carbocycles. The smallest absolute Gasteiger partial charge is 0.124 e. The lowest BCUT2D eigenvalue weighted by Gasteiger charge is -2.47. The van der Waals surface area contributed by atoms with Crippen LogP contribution in [0, 0.1) is 5.92 Å². The molecule has 5 nitrogen and oxygen atoms in total. The van der Waals surface area contributed by atoms with Gasteiger partial charge in [0.15, 0.2) is 0 Å². The van der Waals surface area contributed by atoms with Crippen LogP contribution in [-0.2, 0) is 9.47 Å². The van der Waals surface area contributed by atoms with Crippen LogP contribution >= 0.6 is 0 Å². The molecular formula is C21H32N2O3. The summed E-state index contributed by atoms with van der Waals surface area (Å²) in [6.07, 6.45) is 4.43. The van der Waals surface area contributed by atoms with E-state index < -0.39 is 0 Å². The Bertz CT molecular complexity index is 580. The van der Waals surface area contributed by atoms with Gasteiger partial charge in [0, 0.05) is 57.9 Å². The minimum Gasteiger partial charge on any atom is -0.487 e. The van der Waals surface area contributed by atoms with Crippen molar-refractivity contribution in [3.8, 4) is 5.75 Å². The summed E-state index contributed by atoms with van der Waals surface area (Å²) in [4.78, 5) is 2.50. The lowest BCUT2D eigenvalue weighted by atomic mass is 9.80. The Labute approximate surface area is 157 Å². The number of piperidine rings is 1. The molecule has 1 spiro atoms. The molecule has 2 atom stereocenters. The van der Waals surface area contributed by atoms with Crippen molar-refractivity contribution in [1.82, 2.24) is 10.2 Å². The third-order valence-corrected chi connectivity index (χ3v) is 6.25. The minimum absolute atomic E-state index is 0.0260. The van der Waals surface area contributed by atoms with Crippen LogP contribution < -0.4 is 10.1 Å². The molecule has 0 aromatic heterocycles. The maximum absolute atomic E-state index is 6.59. The van der Waals surface area contributed by atoms with Crippen LogP contribution in [0.5, 0.6) is 5.75 Å². The zero-order valence-electron chi connectivity index (χ0n) is 15.9. The van der Waals surface area contributed by atoms with E-state index in [-0.39, 0.29) is 5.60 Å². The van der Waals surface area contributed by atoms with E-state index in [0.29, 0.717) is 12.0 Å². The first-order valence-electron chi connectivity index (χ1n) is 10.1. The molecule has 0 unspecified atom stereocenters. The molecule has 4 rings (SSSR count). The quantitative estimate of drug-likeness (QED) is 0.845. The van der Waals surface area contributed by atoms with Gasteiger partial charge in [-0.05, 0) is 31.2 Å². The number of ether oxygens (including phenoxy) is 3. The second-order valence-electron chi connectivity index (χ2n) is 8.05. The molecule has 26 heavy (non-hydrogen) atoms. The van der Waals surface area contributed by atoms with E-state index in [2.05, 4.69) is 34.5 Å². The van der Waals surface area contributed by atoms with E-state index in [1.54, 1.807) is 7.11 Å². The van der Waals surface area contributed by atoms with Crippen molar-refractivity contribution in [1.29, 1.82) is 0 Å². The first kappa shape index (κ1) is 18.2. The summed E-state index contributed by atoms with van der Waals surface area (Å²) in [6, 6.07) is 8.96. The highest BCUT2D eigenvalue weighted by Crippen LogP contribution is 2.44. The number of hydrogen-bond acceptors (Lipinski definition) is 5. The Morgan fingerprint density at radius 1 is 1.27 bits per heavy atom. The summed E-state index contributed by atoms with van der Waals surface area (Å²) in [5.74, 6) is 1.72. The molecule has 0 aliphatic carbocycles. The van der Waals surface area contributed by atoms with E-state index in [9.17, 15) is 0 Å². The number of nitrogens with one attached hydrogen (secondary N) is 1. The zero-order chi connectivity index (χ0) is 17.8. The molecule has 3 aliphatic heterocycles. The van der Waals surface area contributed by atoms with Crippen LogP contribution in [0.1, 0.15) is 37.3 Å². The third kappa shape index (κ3) is 4.06. The van der Waals surface area contributed by atoms with Gasteiger partial charge in [-0.2, -0.15) is 0 Å². The molecule has 3 aliphatic rings. The van der Waals surface area contributed by atoms with Gasteiger partial charge in [-0.25, -0.2) is 0 Å². The van der Waals surface area contributed by atoms with Crippen molar-refractivity contribution in [2.24, 2.45) is 5.92 Å². The zero-order valence-corrected chi connectivity index (χ0v) is 15.9. The highest BCUT2D eigenvalue weighted by atomic mass is 16.5. The maximum Gasteiger partial charge on any atom is 0.124 e. The van der Waals surface area contributed by atoms with Gasteiger partial charge in [0.25, 0.3) is 0 Å². The molecule has 0 amide bonds. The van der Waals surface area contributed by atoms with Crippen LogP contribution in [0.25, 0.3) is 0 Å². The van der Waals surface area contributed by atoms with Crippen LogP contribution in [0.15, 0.2) is 24.3 Å². The summed E-state index contributed by atoms with van der Waals surface area (Å²) < 4.78 is 17.4. The van der Waals surface area contributed by atoms with E-state index >= 15 is 0 Å². The Balaban J connectivity index is 1.43. The number of rotatable bonds is 6. The Kier molecular flexibility index (Phi) is 5.79. The van der Waals surface area contributed by atoms with Crippen molar-refractivity contribution in [2.75, 3.05) is 53.1 Å². The predicted molar refractivity (Wildman–Crippen MR) is 102 cm³/mol. The van der Waals surface area contributed by atoms with Crippen molar-refractivity contribution < 1.29 is 14.2 Å².